The van der Waals surface area contributed by atoms with Crippen LogP contribution < -0.4 is 0 Å². The third-order valence-electron chi connectivity index (χ3n) is 3.68. The molecular weight excluding hydrogens is 343 g/mol. The van der Waals surface area contributed by atoms with Gasteiger partial charge in [0.25, 0.3) is 0 Å². The Hall–Kier alpha value is -2.65. The van der Waals surface area contributed by atoms with E-state index in [-0.39, 0.29) is 34.3 Å². The van der Waals surface area contributed by atoms with Gasteiger partial charge in [0.1, 0.15) is 22.5 Å². The van der Waals surface area contributed by atoms with Crippen LogP contribution in [0, 0.1) is 13.8 Å². The van der Waals surface area contributed by atoms with Crippen LogP contribution in [0.15, 0.2) is 60.7 Å². The molecule has 0 aliphatic heterocycles. The van der Waals surface area contributed by atoms with Gasteiger partial charge in [-0.25, -0.2) is 9.97 Å². The first-order chi connectivity index (χ1) is 11.5. The van der Waals surface area contributed by atoms with Gasteiger partial charge in [-0.3, -0.25) is 0 Å². The van der Waals surface area contributed by atoms with E-state index in [0.717, 1.165) is 22.2 Å². The molecule has 0 atom stereocenters. The zero-order chi connectivity index (χ0) is 17.1. The van der Waals surface area contributed by atoms with Crippen LogP contribution in [0.1, 0.15) is 11.4 Å². The monoisotopic (exact) mass is 363 g/mol. The molecule has 0 fully saturated rings. The Morgan fingerprint density at radius 1 is 0.615 bits per heavy atom. The molecule has 2 aromatic heterocycles. The Kier molecular flexibility index (Phi) is 7.54. The Bertz CT molecular complexity index is 939. The highest BCUT2D eigenvalue weighted by Crippen LogP contribution is 2.22. The van der Waals surface area contributed by atoms with Crippen LogP contribution in [0.25, 0.3) is 21.8 Å². The van der Waals surface area contributed by atoms with Gasteiger partial charge in [-0.1, -0.05) is 36.4 Å². The maximum absolute atomic E-state index is 9.43. The van der Waals surface area contributed by atoms with Crippen molar-refractivity contribution in [2.75, 3.05) is 0 Å². The van der Waals surface area contributed by atoms with Gasteiger partial charge >= 0.3 is 0 Å². The number of phenols is 2. The first kappa shape index (κ1) is 21.4. The van der Waals surface area contributed by atoms with Crippen molar-refractivity contribution in [3.63, 3.8) is 0 Å². The molecule has 0 saturated carbocycles. The minimum Gasteiger partial charge on any atom is -0.506 e. The summed E-state index contributed by atoms with van der Waals surface area (Å²) >= 11 is 0. The molecule has 4 rings (SSSR count). The lowest BCUT2D eigenvalue weighted by Gasteiger charge is -1.99. The molecule has 4 N–H and O–H groups in total. The van der Waals surface area contributed by atoms with Crippen LogP contribution in [0.4, 0.5) is 0 Å². The van der Waals surface area contributed by atoms with E-state index in [1.165, 1.54) is 0 Å². The highest BCUT2D eigenvalue weighted by molar-refractivity contribution is 5.84. The topological polar surface area (TPSA) is 97.7 Å². The Balaban J connectivity index is 0.000000241. The number of phenolic OH excluding ortho intramolecular Hbond substituents is 2. The van der Waals surface area contributed by atoms with Crippen LogP contribution in [-0.2, 0) is 0 Å². The fourth-order valence-electron chi connectivity index (χ4n) is 2.46. The quantitative estimate of drug-likeness (QED) is 0.468. The smallest absolute Gasteiger partial charge is 0.141 e. The molecule has 5 nitrogen and oxygen atoms in total. The molecule has 3 radical (unpaired) electrons. The molecule has 0 spiro atoms. The molecular formula is C20H20AlN2O3. The first-order valence-electron chi connectivity index (χ1n) is 7.65. The molecule has 0 saturated heterocycles. The summed E-state index contributed by atoms with van der Waals surface area (Å²) in [5, 5.41) is 20.8. The Morgan fingerprint density at radius 3 is 1.38 bits per heavy atom. The zero-order valence-electron chi connectivity index (χ0n) is 14.6. The van der Waals surface area contributed by atoms with E-state index in [0.29, 0.717) is 11.0 Å². The molecule has 4 aromatic rings. The number of aryl methyl sites for hydroxylation is 2. The standard InChI is InChI=1S/2C10H9NO.Al.H2O/c2*1-7-5-6-8-3-2-4-9(12)10(8)11-7;;/h2*2-6,12H,1H3;;1H2. The predicted octanol–water partition coefficient (Wildman–Crippen LogP) is 3.29. The van der Waals surface area contributed by atoms with Crippen LogP contribution in [0.2, 0.25) is 0 Å². The average Bonchev–Trinajstić information content (AvgIpc) is 2.57. The summed E-state index contributed by atoms with van der Waals surface area (Å²) in [7, 11) is 0. The second-order valence-corrected chi connectivity index (χ2v) is 5.60. The number of benzene rings is 2. The van der Waals surface area contributed by atoms with Gasteiger partial charge in [0.15, 0.2) is 0 Å². The van der Waals surface area contributed by atoms with E-state index in [2.05, 4.69) is 9.97 Å². The number of fused-ring (bicyclic) bond motifs is 2. The summed E-state index contributed by atoms with van der Waals surface area (Å²) < 4.78 is 0. The lowest BCUT2D eigenvalue weighted by molar-refractivity contribution is 0.480. The van der Waals surface area contributed by atoms with Crippen molar-refractivity contribution in [1.29, 1.82) is 0 Å². The summed E-state index contributed by atoms with van der Waals surface area (Å²) in [6, 6.07) is 18.6. The van der Waals surface area contributed by atoms with Crippen molar-refractivity contribution in [3.8, 4) is 11.5 Å². The van der Waals surface area contributed by atoms with Gasteiger partial charge < -0.3 is 15.7 Å². The van der Waals surface area contributed by atoms with Gasteiger partial charge in [0.2, 0.25) is 0 Å². The lowest BCUT2D eigenvalue weighted by atomic mass is 10.2. The Morgan fingerprint density at radius 2 is 1.00 bits per heavy atom. The molecule has 2 aromatic carbocycles. The first-order valence-corrected chi connectivity index (χ1v) is 7.65. The second kappa shape index (κ2) is 9.16. The molecule has 131 valence electrons. The fraction of sp³-hybridized carbons (Fsp3) is 0.100. The Labute approximate surface area is 162 Å². The zero-order valence-corrected chi connectivity index (χ0v) is 15.8. The summed E-state index contributed by atoms with van der Waals surface area (Å²) in [4.78, 5) is 8.45. The summed E-state index contributed by atoms with van der Waals surface area (Å²) in [5.74, 6) is 0.493. The largest absolute Gasteiger partial charge is 0.506 e. The number of aromatic nitrogens is 2. The molecule has 0 unspecified atom stereocenters. The molecule has 6 heteroatoms. The fourth-order valence-corrected chi connectivity index (χ4v) is 2.46. The molecule has 0 aliphatic carbocycles. The minimum atomic E-state index is 0. The van der Waals surface area contributed by atoms with Crippen molar-refractivity contribution in [1.82, 2.24) is 9.97 Å². The van der Waals surface area contributed by atoms with Crippen molar-refractivity contribution >= 4 is 39.2 Å². The van der Waals surface area contributed by atoms with E-state index in [4.69, 9.17) is 0 Å². The van der Waals surface area contributed by atoms with Crippen molar-refractivity contribution in [3.05, 3.63) is 72.1 Å². The highest BCUT2D eigenvalue weighted by Gasteiger charge is 1.99. The van der Waals surface area contributed by atoms with Gasteiger partial charge in [-0.05, 0) is 38.1 Å². The van der Waals surface area contributed by atoms with Crippen molar-refractivity contribution in [2.45, 2.75) is 13.8 Å². The van der Waals surface area contributed by atoms with Gasteiger partial charge in [0, 0.05) is 39.5 Å². The SMILES string of the molecule is Cc1ccc2cccc(O)c2n1.Cc1ccc2cccc(O)c2n1.O.[Al]. The van der Waals surface area contributed by atoms with E-state index >= 15 is 0 Å². The molecule has 26 heavy (non-hydrogen) atoms. The number of para-hydroxylation sites is 2. The lowest BCUT2D eigenvalue weighted by Crippen LogP contribution is -1.82. The average molecular weight is 363 g/mol. The van der Waals surface area contributed by atoms with E-state index < -0.39 is 0 Å². The van der Waals surface area contributed by atoms with E-state index in [9.17, 15) is 10.2 Å². The number of hydrogen-bond acceptors (Lipinski definition) is 4. The molecule has 0 amide bonds. The number of rotatable bonds is 0. The summed E-state index contributed by atoms with van der Waals surface area (Å²) in [6.45, 7) is 3.82. The van der Waals surface area contributed by atoms with Gasteiger partial charge in [0.05, 0.1) is 0 Å². The summed E-state index contributed by atoms with van der Waals surface area (Å²) in [5.41, 5.74) is 3.20. The second-order valence-electron chi connectivity index (χ2n) is 5.60. The highest BCUT2D eigenvalue weighted by atomic mass is 27.0. The summed E-state index contributed by atoms with van der Waals surface area (Å²) in [6.07, 6.45) is 0. The molecule has 0 aliphatic rings. The van der Waals surface area contributed by atoms with Crippen molar-refractivity contribution in [2.24, 2.45) is 0 Å². The number of pyridine rings is 2. The third-order valence-corrected chi connectivity index (χ3v) is 3.68. The number of aromatic hydroxyl groups is 2. The van der Waals surface area contributed by atoms with E-state index in [1.54, 1.807) is 12.1 Å². The minimum absolute atomic E-state index is 0. The van der Waals surface area contributed by atoms with Gasteiger partial charge in [-0.2, -0.15) is 0 Å². The van der Waals surface area contributed by atoms with Crippen LogP contribution >= 0.6 is 0 Å². The maximum Gasteiger partial charge on any atom is 0.141 e. The van der Waals surface area contributed by atoms with Crippen LogP contribution in [0.5, 0.6) is 11.5 Å². The third kappa shape index (κ3) is 4.71. The maximum atomic E-state index is 9.43. The van der Waals surface area contributed by atoms with E-state index in [1.807, 2.05) is 62.4 Å². The van der Waals surface area contributed by atoms with Crippen LogP contribution in [0.3, 0.4) is 0 Å². The molecule has 0 bridgehead atoms. The number of nitrogens with zero attached hydrogens (tertiary/aromatic N) is 2. The van der Waals surface area contributed by atoms with Crippen LogP contribution in [-0.4, -0.2) is 43.0 Å². The van der Waals surface area contributed by atoms with Gasteiger partial charge in [-0.15, -0.1) is 0 Å². The van der Waals surface area contributed by atoms with Crippen molar-refractivity contribution < 1.29 is 15.7 Å². The predicted molar refractivity (Wildman–Crippen MR) is 106 cm³/mol. The normalized spacial score (nSPS) is 9.62. The number of hydrogen-bond donors (Lipinski definition) is 2. The molecule has 2 heterocycles.